The SMILES string of the molecule is COc1ccc([C@H](CN)N2CCC[C@@H](C)C2)cc1OC. The lowest BCUT2D eigenvalue weighted by atomic mass is 9.96. The molecular formula is C16H26N2O2. The fourth-order valence-corrected chi connectivity index (χ4v) is 3.06. The summed E-state index contributed by atoms with van der Waals surface area (Å²) < 4.78 is 10.7. The molecule has 1 aliphatic heterocycles. The molecule has 0 amide bonds. The van der Waals surface area contributed by atoms with E-state index >= 15 is 0 Å². The van der Waals surface area contributed by atoms with Gasteiger partial charge in [-0.3, -0.25) is 4.90 Å². The molecule has 1 saturated heterocycles. The minimum absolute atomic E-state index is 0.262. The van der Waals surface area contributed by atoms with Crippen molar-refractivity contribution in [2.24, 2.45) is 11.7 Å². The van der Waals surface area contributed by atoms with Crippen LogP contribution < -0.4 is 15.2 Å². The molecule has 1 fully saturated rings. The number of methoxy groups -OCH3 is 2. The molecule has 0 saturated carbocycles. The first-order valence-corrected chi connectivity index (χ1v) is 7.35. The summed E-state index contributed by atoms with van der Waals surface area (Å²) in [7, 11) is 3.33. The number of piperidine rings is 1. The van der Waals surface area contributed by atoms with Crippen LogP contribution in [0.3, 0.4) is 0 Å². The van der Waals surface area contributed by atoms with Crippen molar-refractivity contribution in [2.45, 2.75) is 25.8 Å². The number of nitrogens with two attached hydrogens (primary N) is 1. The number of ether oxygens (including phenoxy) is 2. The average molecular weight is 278 g/mol. The molecule has 2 N–H and O–H groups in total. The van der Waals surface area contributed by atoms with Gasteiger partial charge in [-0.2, -0.15) is 0 Å². The van der Waals surface area contributed by atoms with E-state index in [1.165, 1.54) is 18.4 Å². The van der Waals surface area contributed by atoms with E-state index < -0.39 is 0 Å². The van der Waals surface area contributed by atoms with Crippen LogP contribution in [0.4, 0.5) is 0 Å². The zero-order chi connectivity index (χ0) is 14.5. The Balaban J connectivity index is 2.22. The lowest BCUT2D eigenvalue weighted by molar-refractivity contribution is 0.133. The molecule has 1 aromatic carbocycles. The molecule has 0 unspecified atom stereocenters. The second-order valence-electron chi connectivity index (χ2n) is 5.61. The van der Waals surface area contributed by atoms with Crippen molar-refractivity contribution < 1.29 is 9.47 Å². The van der Waals surface area contributed by atoms with Gasteiger partial charge in [0, 0.05) is 19.1 Å². The van der Waals surface area contributed by atoms with Gasteiger partial charge in [0.05, 0.1) is 14.2 Å². The Bertz CT molecular complexity index is 436. The summed E-state index contributed by atoms with van der Waals surface area (Å²) in [5, 5.41) is 0. The van der Waals surface area contributed by atoms with Gasteiger partial charge in [-0.1, -0.05) is 13.0 Å². The Morgan fingerprint density at radius 2 is 2.05 bits per heavy atom. The average Bonchev–Trinajstić information content (AvgIpc) is 2.48. The summed E-state index contributed by atoms with van der Waals surface area (Å²) in [6.07, 6.45) is 2.57. The van der Waals surface area contributed by atoms with Crippen molar-refractivity contribution in [2.75, 3.05) is 33.9 Å². The van der Waals surface area contributed by atoms with Crippen LogP contribution in [0.2, 0.25) is 0 Å². The van der Waals surface area contributed by atoms with Crippen molar-refractivity contribution in [1.29, 1.82) is 0 Å². The van der Waals surface area contributed by atoms with Crippen molar-refractivity contribution >= 4 is 0 Å². The first-order valence-electron chi connectivity index (χ1n) is 7.35. The first kappa shape index (κ1) is 15.1. The zero-order valence-corrected chi connectivity index (χ0v) is 12.8. The molecule has 4 nitrogen and oxygen atoms in total. The Kier molecular flexibility index (Phi) is 5.26. The highest BCUT2D eigenvalue weighted by molar-refractivity contribution is 5.43. The summed E-state index contributed by atoms with van der Waals surface area (Å²) in [5.41, 5.74) is 7.24. The smallest absolute Gasteiger partial charge is 0.161 e. The molecule has 2 atom stereocenters. The van der Waals surface area contributed by atoms with Crippen LogP contribution >= 0.6 is 0 Å². The van der Waals surface area contributed by atoms with Gasteiger partial charge in [-0.15, -0.1) is 0 Å². The molecule has 2 rings (SSSR count). The van der Waals surface area contributed by atoms with Gasteiger partial charge in [0.1, 0.15) is 0 Å². The number of likely N-dealkylation sites (tertiary alicyclic amines) is 1. The molecule has 1 aromatic rings. The van der Waals surface area contributed by atoms with Gasteiger partial charge in [0.15, 0.2) is 11.5 Å². The summed E-state index contributed by atoms with van der Waals surface area (Å²) in [4.78, 5) is 2.50. The molecule has 1 heterocycles. The monoisotopic (exact) mass is 278 g/mol. The van der Waals surface area contributed by atoms with Crippen LogP contribution in [0.25, 0.3) is 0 Å². The quantitative estimate of drug-likeness (QED) is 0.898. The molecule has 0 radical (unpaired) electrons. The van der Waals surface area contributed by atoms with E-state index in [0.29, 0.717) is 6.54 Å². The molecule has 0 aliphatic carbocycles. The topological polar surface area (TPSA) is 47.7 Å². The third kappa shape index (κ3) is 3.25. The highest BCUT2D eigenvalue weighted by Crippen LogP contribution is 2.33. The molecule has 0 spiro atoms. The highest BCUT2D eigenvalue weighted by atomic mass is 16.5. The summed E-state index contributed by atoms with van der Waals surface area (Å²) in [5.74, 6) is 2.28. The van der Waals surface area contributed by atoms with E-state index in [9.17, 15) is 0 Å². The summed E-state index contributed by atoms with van der Waals surface area (Å²) in [6, 6.07) is 6.37. The van der Waals surface area contributed by atoms with Gasteiger partial charge < -0.3 is 15.2 Å². The van der Waals surface area contributed by atoms with Crippen molar-refractivity contribution in [3.8, 4) is 11.5 Å². The van der Waals surface area contributed by atoms with Gasteiger partial charge in [0.25, 0.3) is 0 Å². The normalized spacial score (nSPS) is 21.5. The van der Waals surface area contributed by atoms with Gasteiger partial charge >= 0.3 is 0 Å². The predicted molar refractivity (Wildman–Crippen MR) is 81.3 cm³/mol. The third-order valence-corrected chi connectivity index (χ3v) is 4.14. The molecule has 1 aliphatic rings. The second kappa shape index (κ2) is 6.95. The zero-order valence-electron chi connectivity index (χ0n) is 12.8. The number of hydrogen-bond donors (Lipinski definition) is 1. The molecular weight excluding hydrogens is 252 g/mol. The summed E-state index contributed by atoms with van der Waals surface area (Å²) in [6.45, 7) is 5.19. The van der Waals surface area contributed by atoms with E-state index in [0.717, 1.165) is 30.5 Å². The number of hydrogen-bond acceptors (Lipinski definition) is 4. The summed E-state index contributed by atoms with van der Waals surface area (Å²) >= 11 is 0. The van der Waals surface area contributed by atoms with E-state index in [1.54, 1.807) is 14.2 Å². The fraction of sp³-hybridized carbons (Fsp3) is 0.625. The number of rotatable bonds is 5. The maximum atomic E-state index is 6.03. The molecule has 0 aromatic heterocycles. The van der Waals surface area contributed by atoms with Gasteiger partial charge in [0.2, 0.25) is 0 Å². The molecule has 112 valence electrons. The Morgan fingerprint density at radius 1 is 1.30 bits per heavy atom. The largest absolute Gasteiger partial charge is 0.493 e. The predicted octanol–water partition coefficient (Wildman–Crippen LogP) is 2.44. The maximum Gasteiger partial charge on any atom is 0.161 e. The third-order valence-electron chi connectivity index (χ3n) is 4.14. The van der Waals surface area contributed by atoms with Crippen LogP contribution in [-0.4, -0.2) is 38.8 Å². The van der Waals surface area contributed by atoms with E-state index in [2.05, 4.69) is 24.0 Å². The number of benzene rings is 1. The first-order chi connectivity index (χ1) is 9.69. The van der Waals surface area contributed by atoms with Crippen molar-refractivity contribution in [1.82, 2.24) is 4.90 Å². The van der Waals surface area contributed by atoms with Crippen LogP contribution in [0.1, 0.15) is 31.4 Å². The standard InChI is InChI=1S/C16H26N2O2/c1-12-5-4-8-18(11-12)14(10-17)13-6-7-15(19-2)16(9-13)20-3/h6-7,9,12,14H,4-5,8,10-11,17H2,1-3H3/t12-,14+/m1/s1. The molecule has 0 bridgehead atoms. The van der Waals surface area contributed by atoms with Crippen LogP contribution in [-0.2, 0) is 0 Å². The lowest BCUT2D eigenvalue weighted by Crippen LogP contribution is -2.40. The lowest BCUT2D eigenvalue weighted by Gasteiger charge is -2.37. The van der Waals surface area contributed by atoms with Crippen LogP contribution in [0, 0.1) is 5.92 Å². The fourth-order valence-electron chi connectivity index (χ4n) is 3.06. The van der Waals surface area contributed by atoms with E-state index in [1.807, 2.05) is 6.07 Å². The van der Waals surface area contributed by atoms with E-state index in [4.69, 9.17) is 15.2 Å². The Hall–Kier alpha value is -1.26. The van der Waals surface area contributed by atoms with Crippen molar-refractivity contribution in [3.63, 3.8) is 0 Å². The van der Waals surface area contributed by atoms with Gasteiger partial charge in [-0.05, 0) is 43.0 Å². The van der Waals surface area contributed by atoms with E-state index in [-0.39, 0.29) is 6.04 Å². The maximum absolute atomic E-state index is 6.03. The van der Waals surface area contributed by atoms with Crippen LogP contribution in [0.15, 0.2) is 18.2 Å². The van der Waals surface area contributed by atoms with Crippen LogP contribution in [0.5, 0.6) is 11.5 Å². The molecule has 4 heteroatoms. The van der Waals surface area contributed by atoms with Crippen molar-refractivity contribution in [3.05, 3.63) is 23.8 Å². The second-order valence-corrected chi connectivity index (χ2v) is 5.61. The van der Waals surface area contributed by atoms with Gasteiger partial charge in [-0.25, -0.2) is 0 Å². The minimum atomic E-state index is 0.262. The Morgan fingerprint density at radius 3 is 2.65 bits per heavy atom. The minimum Gasteiger partial charge on any atom is -0.493 e. The number of nitrogens with zero attached hydrogens (tertiary/aromatic N) is 1. The molecule has 20 heavy (non-hydrogen) atoms. The highest BCUT2D eigenvalue weighted by Gasteiger charge is 2.24. The Labute approximate surface area is 121 Å².